The monoisotopic (exact) mass is 272 g/mol. The predicted molar refractivity (Wildman–Crippen MR) is 71.6 cm³/mol. The van der Waals surface area contributed by atoms with E-state index in [9.17, 15) is 9.59 Å². The molecule has 0 saturated heterocycles. The largest absolute Gasteiger partial charge is 0.465 e. The molecule has 0 aromatic rings. The molecule has 0 spiro atoms. The zero-order valence-electron chi connectivity index (χ0n) is 10.9. The molecule has 4 heteroatoms. The van der Waals surface area contributed by atoms with Crippen LogP contribution in [0, 0.1) is 5.92 Å². The third-order valence-electron chi connectivity index (χ3n) is 3.38. The molecule has 1 rings (SSSR count). The number of hydrogen-bond donors (Lipinski definition) is 0. The number of allylic oxidation sites excluding steroid dienone is 1. The lowest BCUT2D eigenvalue weighted by Crippen LogP contribution is -2.17. The number of halogens is 1. The Balaban J connectivity index is 2.77. The Morgan fingerprint density at radius 2 is 1.72 bits per heavy atom. The zero-order valence-corrected chi connectivity index (χ0v) is 11.7. The van der Waals surface area contributed by atoms with Crippen molar-refractivity contribution in [2.24, 2.45) is 5.92 Å². The number of ketones is 1. The van der Waals surface area contributed by atoms with Crippen LogP contribution < -0.4 is 0 Å². The van der Waals surface area contributed by atoms with Crippen LogP contribution in [0.15, 0.2) is 11.6 Å². The van der Waals surface area contributed by atoms with Gasteiger partial charge in [-0.3, -0.25) is 4.79 Å². The van der Waals surface area contributed by atoms with Crippen LogP contribution in [0.2, 0.25) is 0 Å². The summed E-state index contributed by atoms with van der Waals surface area (Å²) in [6.45, 7) is 0. The number of esters is 1. The fourth-order valence-corrected chi connectivity index (χ4v) is 2.49. The molecule has 0 radical (unpaired) electrons. The minimum atomic E-state index is -0.567. The van der Waals surface area contributed by atoms with Gasteiger partial charge in [-0.25, -0.2) is 4.79 Å². The first kappa shape index (κ1) is 15.2. The van der Waals surface area contributed by atoms with E-state index in [1.165, 1.54) is 26.4 Å². The first-order valence-electron chi connectivity index (χ1n) is 6.58. The summed E-state index contributed by atoms with van der Waals surface area (Å²) in [6, 6.07) is 0. The molecule has 3 nitrogen and oxygen atoms in total. The van der Waals surface area contributed by atoms with Crippen molar-refractivity contribution >= 4 is 23.4 Å². The van der Waals surface area contributed by atoms with Crippen molar-refractivity contribution in [1.29, 1.82) is 0 Å². The molecule has 0 bridgehead atoms. The number of rotatable bonds is 4. The molecule has 1 saturated carbocycles. The number of methoxy groups -OCH3 is 1. The van der Waals surface area contributed by atoms with Crippen molar-refractivity contribution < 1.29 is 14.3 Å². The van der Waals surface area contributed by atoms with Crippen LogP contribution in [0.1, 0.15) is 44.9 Å². The van der Waals surface area contributed by atoms with Crippen molar-refractivity contribution in [3.63, 3.8) is 0 Å². The zero-order chi connectivity index (χ0) is 13.4. The van der Waals surface area contributed by atoms with E-state index in [2.05, 4.69) is 4.74 Å². The van der Waals surface area contributed by atoms with E-state index in [-0.39, 0.29) is 17.2 Å². The van der Waals surface area contributed by atoms with E-state index >= 15 is 0 Å². The van der Waals surface area contributed by atoms with Gasteiger partial charge in [0.2, 0.25) is 0 Å². The van der Waals surface area contributed by atoms with Crippen LogP contribution in [-0.2, 0) is 14.3 Å². The lowest BCUT2D eigenvalue weighted by atomic mass is 9.89. The molecule has 102 valence electrons. The summed E-state index contributed by atoms with van der Waals surface area (Å²) in [5.74, 6) is -0.784. The smallest absolute Gasteiger partial charge is 0.341 e. The molecular weight excluding hydrogens is 252 g/mol. The molecule has 0 aromatic heterocycles. The van der Waals surface area contributed by atoms with E-state index in [0.717, 1.165) is 25.7 Å². The number of alkyl halides is 1. The van der Waals surface area contributed by atoms with Crippen LogP contribution in [-0.4, -0.2) is 24.7 Å². The SMILES string of the molecule is COC(=O)/C(=C\C1CCCCCCC1)C(=O)CCl. The standard InChI is InChI=1S/C14H21ClO3/c1-18-14(17)12(13(16)10-15)9-11-7-5-3-2-4-6-8-11/h9,11H,2-8,10H2,1H3/b12-9-. The Morgan fingerprint density at radius 3 is 2.22 bits per heavy atom. The minimum absolute atomic E-state index is 0.123. The number of ether oxygens (including phenoxy) is 1. The molecule has 0 amide bonds. The van der Waals surface area contributed by atoms with Gasteiger partial charge < -0.3 is 4.74 Å². The number of hydrogen-bond acceptors (Lipinski definition) is 3. The van der Waals surface area contributed by atoms with E-state index in [1.54, 1.807) is 6.08 Å². The van der Waals surface area contributed by atoms with E-state index in [0.29, 0.717) is 5.92 Å². The number of carbonyl (C=O) groups excluding carboxylic acids is 2. The number of carbonyl (C=O) groups is 2. The van der Waals surface area contributed by atoms with Gasteiger partial charge in [-0.15, -0.1) is 11.6 Å². The van der Waals surface area contributed by atoms with Gasteiger partial charge in [0, 0.05) is 0 Å². The Kier molecular flexibility index (Phi) is 7.02. The average Bonchev–Trinajstić information content (AvgIpc) is 2.36. The minimum Gasteiger partial charge on any atom is -0.465 e. The summed E-state index contributed by atoms with van der Waals surface area (Å²) in [4.78, 5) is 23.2. The van der Waals surface area contributed by atoms with Crippen LogP contribution in [0.3, 0.4) is 0 Å². The second kappa shape index (κ2) is 8.30. The fourth-order valence-electron chi connectivity index (χ4n) is 2.35. The highest BCUT2D eigenvalue weighted by molar-refractivity contribution is 6.34. The predicted octanol–water partition coefficient (Wildman–Crippen LogP) is 3.25. The second-order valence-electron chi connectivity index (χ2n) is 4.73. The lowest BCUT2D eigenvalue weighted by Gasteiger charge is -2.17. The van der Waals surface area contributed by atoms with Gasteiger partial charge in [0.05, 0.1) is 13.0 Å². The fraction of sp³-hybridized carbons (Fsp3) is 0.714. The van der Waals surface area contributed by atoms with Crippen molar-refractivity contribution in [3.05, 3.63) is 11.6 Å². The quantitative estimate of drug-likeness (QED) is 0.259. The number of Topliss-reactive ketones (excluding diaryl/α,β-unsaturated/α-hetero) is 1. The maximum Gasteiger partial charge on any atom is 0.341 e. The molecule has 1 aliphatic rings. The Hall–Kier alpha value is -0.830. The van der Waals surface area contributed by atoms with Gasteiger partial charge in [0.1, 0.15) is 5.57 Å². The maximum atomic E-state index is 11.6. The highest BCUT2D eigenvalue weighted by Crippen LogP contribution is 2.24. The summed E-state index contributed by atoms with van der Waals surface area (Å²) in [7, 11) is 1.29. The Bertz CT molecular complexity index is 297. The Morgan fingerprint density at radius 1 is 1.17 bits per heavy atom. The van der Waals surface area contributed by atoms with Crippen molar-refractivity contribution in [2.45, 2.75) is 44.9 Å². The van der Waals surface area contributed by atoms with E-state index < -0.39 is 5.97 Å². The van der Waals surface area contributed by atoms with Gasteiger partial charge in [-0.05, 0) is 18.8 Å². The summed E-state index contributed by atoms with van der Waals surface area (Å²) in [6.07, 6.45) is 9.94. The van der Waals surface area contributed by atoms with Gasteiger partial charge in [0.25, 0.3) is 0 Å². The van der Waals surface area contributed by atoms with Gasteiger partial charge >= 0.3 is 5.97 Å². The molecular formula is C14H21ClO3. The maximum absolute atomic E-state index is 11.6. The van der Waals surface area contributed by atoms with Crippen molar-refractivity contribution in [2.75, 3.05) is 13.0 Å². The third-order valence-corrected chi connectivity index (χ3v) is 3.62. The lowest BCUT2D eigenvalue weighted by molar-refractivity contribution is -0.137. The third kappa shape index (κ3) is 4.81. The normalized spacial score (nSPS) is 18.9. The first-order chi connectivity index (χ1) is 8.69. The second-order valence-corrected chi connectivity index (χ2v) is 5.00. The molecule has 0 atom stereocenters. The van der Waals surface area contributed by atoms with Crippen LogP contribution in [0.5, 0.6) is 0 Å². The Labute approximate surface area is 114 Å². The average molecular weight is 273 g/mol. The van der Waals surface area contributed by atoms with Gasteiger partial charge in [-0.1, -0.05) is 38.2 Å². The molecule has 0 unspecified atom stereocenters. The summed E-state index contributed by atoms with van der Waals surface area (Å²) >= 11 is 5.53. The molecule has 1 aliphatic carbocycles. The molecule has 0 aliphatic heterocycles. The van der Waals surface area contributed by atoms with E-state index in [1.807, 2.05) is 0 Å². The van der Waals surface area contributed by atoms with Crippen molar-refractivity contribution in [1.82, 2.24) is 0 Å². The van der Waals surface area contributed by atoms with Crippen LogP contribution in [0.25, 0.3) is 0 Å². The van der Waals surface area contributed by atoms with E-state index in [4.69, 9.17) is 11.6 Å². The van der Waals surface area contributed by atoms with Crippen molar-refractivity contribution in [3.8, 4) is 0 Å². The highest BCUT2D eigenvalue weighted by Gasteiger charge is 2.20. The highest BCUT2D eigenvalue weighted by atomic mass is 35.5. The summed E-state index contributed by atoms with van der Waals surface area (Å²) in [5.41, 5.74) is 0.123. The topological polar surface area (TPSA) is 43.4 Å². The first-order valence-corrected chi connectivity index (χ1v) is 7.11. The van der Waals surface area contributed by atoms with Crippen LogP contribution >= 0.6 is 11.6 Å². The molecule has 0 heterocycles. The molecule has 1 fully saturated rings. The summed E-state index contributed by atoms with van der Waals surface area (Å²) < 4.78 is 4.65. The molecule has 18 heavy (non-hydrogen) atoms. The molecule has 0 N–H and O–H groups in total. The molecule has 0 aromatic carbocycles. The van der Waals surface area contributed by atoms with Gasteiger partial charge in [-0.2, -0.15) is 0 Å². The van der Waals surface area contributed by atoms with Crippen LogP contribution in [0.4, 0.5) is 0 Å². The summed E-state index contributed by atoms with van der Waals surface area (Å²) in [5, 5.41) is 0. The van der Waals surface area contributed by atoms with Gasteiger partial charge in [0.15, 0.2) is 5.78 Å².